The third-order valence-electron chi connectivity index (χ3n) is 13.0. The van der Waals surface area contributed by atoms with Crippen molar-refractivity contribution >= 4 is 17.9 Å². The number of hydrogen-bond acceptors (Lipinski definition) is 6. The minimum atomic E-state index is -0.799. The zero-order chi connectivity index (χ0) is 53.6. The molecule has 0 saturated carbocycles. The number of ether oxygens (including phenoxy) is 3. The highest BCUT2D eigenvalue weighted by atomic mass is 16.6. The van der Waals surface area contributed by atoms with Gasteiger partial charge in [-0.05, 0) is 83.5 Å². The van der Waals surface area contributed by atoms with Gasteiger partial charge in [0.05, 0.1) is 0 Å². The molecule has 0 N–H and O–H groups in total. The molecule has 0 fully saturated rings. The fourth-order valence-corrected chi connectivity index (χ4v) is 8.44. The van der Waals surface area contributed by atoms with Crippen molar-refractivity contribution in [1.82, 2.24) is 0 Å². The lowest BCUT2D eigenvalue weighted by Gasteiger charge is -2.18. The van der Waals surface area contributed by atoms with Gasteiger partial charge in [0.15, 0.2) is 6.10 Å². The van der Waals surface area contributed by atoms with Gasteiger partial charge in [-0.3, -0.25) is 14.4 Å². The maximum Gasteiger partial charge on any atom is 0.306 e. The van der Waals surface area contributed by atoms with Gasteiger partial charge >= 0.3 is 17.9 Å². The monoisotopic (exact) mass is 1030 g/mol. The van der Waals surface area contributed by atoms with Crippen molar-refractivity contribution in [3.8, 4) is 0 Å². The van der Waals surface area contributed by atoms with Crippen molar-refractivity contribution in [3.63, 3.8) is 0 Å². The van der Waals surface area contributed by atoms with Gasteiger partial charge in [-0.25, -0.2) is 0 Å². The minimum absolute atomic E-state index is 0.0937. The van der Waals surface area contributed by atoms with Gasteiger partial charge in [-0.15, -0.1) is 0 Å². The molecule has 0 radical (unpaired) electrons. The van der Waals surface area contributed by atoms with Crippen molar-refractivity contribution in [2.24, 2.45) is 0 Å². The molecule has 0 spiro atoms. The van der Waals surface area contributed by atoms with Crippen molar-refractivity contribution in [1.29, 1.82) is 0 Å². The van der Waals surface area contributed by atoms with E-state index in [4.69, 9.17) is 14.2 Å². The normalized spacial score (nSPS) is 12.9. The highest BCUT2D eigenvalue weighted by Crippen LogP contribution is 2.16. The highest BCUT2D eigenvalue weighted by Gasteiger charge is 2.19. The van der Waals surface area contributed by atoms with Crippen molar-refractivity contribution in [3.05, 3.63) is 109 Å². The molecule has 0 amide bonds. The smallest absolute Gasteiger partial charge is 0.306 e. The number of rotatable bonds is 55. The molecule has 6 nitrogen and oxygen atoms in total. The Hall–Kier alpha value is -3.93. The highest BCUT2D eigenvalue weighted by molar-refractivity contribution is 5.71. The van der Waals surface area contributed by atoms with E-state index in [1.807, 2.05) is 0 Å². The first-order valence-electron chi connectivity index (χ1n) is 30.9. The number of hydrogen-bond donors (Lipinski definition) is 0. The van der Waals surface area contributed by atoms with Gasteiger partial charge in [-0.2, -0.15) is 0 Å². The number of allylic oxidation sites excluding steroid dienone is 18. The molecule has 6 heteroatoms. The average Bonchev–Trinajstić information content (AvgIpc) is 3.40. The predicted molar refractivity (Wildman–Crippen MR) is 320 cm³/mol. The van der Waals surface area contributed by atoms with Gasteiger partial charge in [0, 0.05) is 19.3 Å². The van der Waals surface area contributed by atoms with E-state index in [0.29, 0.717) is 19.3 Å². The molecular weight excluding hydrogens is 913 g/mol. The second-order valence-corrected chi connectivity index (χ2v) is 20.2. The Morgan fingerprint density at radius 1 is 0.284 bits per heavy atom. The van der Waals surface area contributed by atoms with E-state index in [-0.39, 0.29) is 37.5 Å². The SMILES string of the molecule is CC/C=C\C/C=C\C/C=C\C/C=C\C/C=C\C/C=C\C/C=C\C/C=C\C/C=C\CCCC(=O)OCC(COC(=O)CCCCCCCCCC)OC(=O)CCCCCCCCCCCCCCCCCCCCC. The van der Waals surface area contributed by atoms with Crippen LogP contribution in [0, 0.1) is 0 Å². The number of carbonyl (C=O) groups excluding carboxylic acids is 3. The molecule has 422 valence electrons. The molecule has 0 aromatic rings. The third kappa shape index (κ3) is 59.0. The largest absolute Gasteiger partial charge is 0.462 e. The molecule has 74 heavy (non-hydrogen) atoms. The lowest BCUT2D eigenvalue weighted by atomic mass is 10.0. The van der Waals surface area contributed by atoms with Crippen LogP contribution in [0.3, 0.4) is 0 Å². The summed E-state index contributed by atoms with van der Waals surface area (Å²) in [7, 11) is 0. The Morgan fingerprint density at radius 3 is 0.824 bits per heavy atom. The van der Waals surface area contributed by atoms with E-state index >= 15 is 0 Å². The second-order valence-electron chi connectivity index (χ2n) is 20.2. The van der Waals surface area contributed by atoms with Gasteiger partial charge < -0.3 is 14.2 Å². The summed E-state index contributed by atoms with van der Waals surface area (Å²) in [6.45, 7) is 6.47. The zero-order valence-electron chi connectivity index (χ0n) is 48.3. The summed E-state index contributed by atoms with van der Waals surface area (Å²) in [6.07, 6.45) is 84.0. The van der Waals surface area contributed by atoms with Crippen molar-refractivity contribution in [2.45, 2.75) is 290 Å². The van der Waals surface area contributed by atoms with Crippen LogP contribution in [0.2, 0.25) is 0 Å². The van der Waals surface area contributed by atoms with Crippen LogP contribution in [0.15, 0.2) is 109 Å². The average molecular weight is 1030 g/mol. The summed E-state index contributed by atoms with van der Waals surface area (Å²) in [5, 5.41) is 0. The minimum Gasteiger partial charge on any atom is -0.462 e. The molecule has 0 bridgehead atoms. The summed E-state index contributed by atoms with van der Waals surface area (Å²) >= 11 is 0. The van der Waals surface area contributed by atoms with Crippen LogP contribution >= 0.6 is 0 Å². The summed E-state index contributed by atoms with van der Waals surface area (Å²) in [5.74, 6) is -0.954. The molecule has 0 heterocycles. The van der Waals surface area contributed by atoms with Crippen molar-refractivity contribution < 1.29 is 28.6 Å². The van der Waals surface area contributed by atoms with E-state index in [0.717, 1.165) is 103 Å². The van der Waals surface area contributed by atoms with E-state index in [2.05, 4.69) is 130 Å². The van der Waals surface area contributed by atoms with Crippen LogP contribution in [0.1, 0.15) is 284 Å². The lowest BCUT2D eigenvalue weighted by Crippen LogP contribution is -2.30. The van der Waals surface area contributed by atoms with Crippen LogP contribution in [0.5, 0.6) is 0 Å². The fraction of sp³-hybridized carbons (Fsp3) is 0.691. The predicted octanol–water partition coefficient (Wildman–Crippen LogP) is 21.0. The molecule has 0 saturated heterocycles. The summed E-state index contributed by atoms with van der Waals surface area (Å²) in [6, 6.07) is 0. The van der Waals surface area contributed by atoms with Crippen LogP contribution in [-0.4, -0.2) is 37.2 Å². The quantitative estimate of drug-likeness (QED) is 0.0261. The second kappa shape index (κ2) is 61.6. The molecule has 1 atom stereocenters. The van der Waals surface area contributed by atoms with Crippen LogP contribution in [-0.2, 0) is 28.6 Å². The van der Waals surface area contributed by atoms with Crippen molar-refractivity contribution in [2.75, 3.05) is 13.2 Å². The van der Waals surface area contributed by atoms with E-state index in [1.165, 1.54) is 135 Å². The first-order valence-corrected chi connectivity index (χ1v) is 30.9. The van der Waals surface area contributed by atoms with Gasteiger partial charge in [0.1, 0.15) is 13.2 Å². The third-order valence-corrected chi connectivity index (χ3v) is 13.0. The van der Waals surface area contributed by atoms with E-state index in [1.54, 1.807) is 0 Å². The Bertz CT molecular complexity index is 1510. The maximum absolute atomic E-state index is 12.8. The standard InChI is InChI=1S/C68H114O6/c1-4-7-10-13-16-19-21-23-25-27-29-30-31-32-33-34-35-36-37-38-40-41-43-45-47-49-52-55-58-61-67(70)73-64-65(63-72-66(69)60-57-54-51-18-15-12-9-6-3)74-68(71)62-59-56-53-50-48-46-44-42-39-28-26-24-22-20-17-14-11-8-5-2/h7,10,16,19,23,25,29-30,32-33,35-36,38,40,43,45,49,52,65H,4-6,8-9,11-15,17-18,20-22,24,26-28,31,34,37,39,41-42,44,46-48,50-51,53-64H2,1-3H3/b10-7-,19-16-,25-23-,30-29-,33-32-,36-35-,40-38-,45-43-,52-49-. The Morgan fingerprint density at radius 2 is 0.527 bits per heavy atom. The molecule has 1 unspecified atom stereocenters. The molecule has 0 aromatic carbocycles. The van der Waals surface area contributed by atoms with Crippen LogP contribution in [0.25, 0.3) is 0 Å². The van der Waals surface area contributed by atoms with E-state index in [9.17, 15) is 14.4 Å². The topological polar surface area (TPSA) is 78.9 Å². The number of esters is 3. The fourth-order valence-electron chi connectivity index (χ4n) is 8.44. The molecule has 0 aliphatic carbocycles. The van der Waals surface area contributed by atoms with Gasteiger partial charge in [0.25, 0.3) is 0 Å². The first-order chi connectivity index (χ1) is 36.5. The van der Waals surface area contributed by atoms with Gasteiger partial charge in [0.2, 0.25) is 0 Å². The van der Waals surface area contributed by atoms with Crippen LogP contribution < -0.4 is 0 Å². The Balaban J connectivity index is 4.31. The summed E-state index contributed by atoms with van der Waals surface area (Å²) in [5.41, 5.74) is 0. The Kier molecular flexibility index (Phi) is 58.3. The molecular formula is C68H114O6. The first kappa shape index (κ1) is 70.1. The maximum atomic E-state index is 12.8. The number of unbranched alkanes of at least 4 members (excludes halogenated alkanes) is 26. The number of carbonyl (C=O) groups is 3. The lowest BCUT2D eigenvalue weighted by molar-refractivity contribution is -0.167. The summed E-state index contributed by atoms with van der Waals surface area (Å²) < 4.78 is 16.8. The molecule has 0 aliphatic rings. The van der Waals surface area contributed by atoms with E-state index < -0.39 is 6.10 Å². The molecule has 0 aliphatic heterocycles. The molecule has 0 rings (SSSR count). The molecule has 0 aromatic heterocycles. The van der Waals surface area contributed by atoms with Crippen LogP contribution in [0.4, 0.5) is 0 Å². The van der Waals surface area contributed by atoms with Gasteiger partial charge in [-0.1, -0.05) is 291 Å². The summed E-state index contributed by atoms with van der Waals surface area (Å²) in [4.78, 5) is 38.1. The zero-order valence-corrected chi connectivity index (χ0v) is 48.3. The Labute approximate surface area is 457 Å².